The Morgan fingerprint density at radius 2 is 2.04 bits per heavy atom. The molecule has 140 valence electrons. The first-order chi connectivity index (χ1) is 12.7. The molecule has 7 nitrogen and oxygen atoms in total. The van der Waals surface area contributed by atoms with Crippen molar-refractivity contribution < 1.29 is 23.2 Å². The number of nitrogens with zero attached hydrogens (tertiary/aromatic N) is 2. The highest BCUT2D eigenvalue weighted by atomic mass is 35.5. The fourth-order valence-electron chi connectivity index (χ4n) is 2.68. The van der Waals surface area contributed by atoms with Crippen molar-refractivity contribution in [3.05, 3.63) is 58.7 Å². The van der Waals surface area contributed by atoms with Crippen LogP contribution >= 0.6 is 11.6 Å². The van der Waals surface area contributed by atoms with Crippen LogP contribution < -0.4 is 10.6 Å². The number of hydrogen-bond donors (Lipinski definition) is 2. The summed E-state index contributed by atoms with van der Waals surface area (Å²) in [5.74, 6) is -3.02. The zero-order valence-electron chi connectivity index (χ0n) is 13.9. The van der Waals surface area contributed by atoms with E-state index in [9.17, 15) is 23.2 Å². The van der Waals surface area contributed by atoms with Crippen LogP contribution in [0.4, 0.5) is 19.4 Å². The van der Waals surface area contributed by atoms with E-state index in [4.69, 9.17) is 11.6 Å². The number of benzene rings is 1. The third-order valence-electron chi connectivity index (χ3n) is 4.04. The van der Waals surface area contributed by atoms with Crippen molar-refractivity contribution in [3.63, 3.8) is 0 Å². The second-order valence-electron chi connectivity index (χ2n) is 5.98. The Kier molecular flexibility index (Phi) is 4.79. The van der Waals surface area contributed by atoms with Crippen molar-refractivity contribution in [1.82, 2.24) is 15.2 Å². The Balaban J connectivity index is 1.78. The van der Waals surface area contributed by atoms with Crippen molar-refractivity contribution in [3.8, 4) is 0 Å². The van der Waals surface area contributed by atoms with Gasteiger partial charge in [-0.3, -0.25) is 14.5 Å². The molecular formula is C17H13ClF2N4O3. The smallest absolute Gasteiger partial charge is 0.319 e. The first-order valence-electron chi connectivity index (χ1n) is 7.72. The molecule has 0 bridgehead atoms. The third-order valence-corrected chi connectivity index (χ3v) is 4.26. The van der Waals surface area contributed by atoms with Crippen LogP contribution in [0.5, 0.6) is 0 Å². The fourth-order valence-corrected chi connectivity index (χ4v) is 2.79. The van der Waals surface area contributed by atoms with Gasteiger partial charge in [-0.15, -0.1) is 0 Å². The van der Waals surface area contributed by atoms with Crippen molar-refractivity contribution in [2.75, 3.05) is 11.9 Å². The van der Waals surface area contributed by atoms with E-state index < -0.39 is 41.6 Å². The molecule has 4 amide bonds. The van der Waals surface area contributed by atoms with Gasteiger partial charge in [-0.25, -0.2) is 18.6 Å². The SMILES string of the molecule is C[C@@]1(c2cc(F)ccc2F)NC(=O)N(CC(=O)Nc2ccc(Cl)cn2)C1=O. The lowest BCUT2D eigenvalue weighted by Crippen LogP contribution is -2.42. The molecule has 2 heterocycles. The van der Waals surface area contributed by atoms with Gasteiger partial charge in [-0.1, -0.05) is 11.6 Å². The predicted octanol–water partition coefficient (Wildman–Crippen LogP) is 2.42. The standard InChI is InChI=1S/C17H13ClF2N4O3/c1-17(11-6-10(19)3-4-12(11)20)15(26)24(16(27)23-17)8-14(25)22-13-5-2-9(18)7-21-13/h2-7H,8H2,1H3,(H,23,27)(H,21,22,25)/t17-/m0/s1. The van der Waals surface area contributed by atoms with E-state index in [1.54, 1.807) is 0 Å². The summed E-state index contributed by atoms with van der Waals surface area (Å²) in [4.78, 5) is 41.5. The average molecular weight is 395 g/mol. The van der Waals surface area contributed by atoms with E-state index in [0.717, 1.165) is 18.2 Å². The number of aromatic nitrogens is 1. The summed E-state index contributed by atoms with van der Waals surface area (Å²) in [5, 5.41) is 5.09. The van der Waals surface area contributed by atoms with Crippen LogP contribution in [0.3, 0.4) is 0 Å². The van der Waals surface area contributed by atoms with E-state index in [1.807, 2.05) is 0 Å². The molecule has 1 aromatic carbocycles. The highest BCUT2D eigenvalue weighted by Gasteiger charge is 2.50. The molecule has 1 aromatic heterocycles. The van der Waals surface area contributed by atoms with Gasteiger partial charge in [-0.2, -0.15) is 0 Å². The molecule has 0 radical (unpaired) electrons. The van der Waals surface area contributed by atoms with E-state index >= 15 is 0 Å². The van der Waals surface area contributed by atoms with Gasteiger partial charge in [0.05, 0.1) is 5.02 Å². The molecule has 0 spiro atoms. The topological polar surface area (TPSA) is 91.4 Å². The van der Waals surface area contributed by atoms with Crippen LogP contribution in [-0.4, -0.2) is 34.3 Å². The molecule has 1 saturated heterocycles. The van der Waals surface area contributed by atoms with Gasteiger partial charge in [-0.05, 0) is 37.3 Å². The van der Waals surface area contributed by atoms with Gasteiger partial charge >= 0.3 is 6.03 Å². The Morgan fingerprint density at radius 1 is 1.30 bits per heavy atom. The number of rotatable bonds is 4. The molecule has 1 atom stereocenters. The Hall–Kier alpha value is -3.07. The first kappa shape index (κ1) is 18.7. The Morgan fingerprint density at radius 3 is 2.70 bits per heavy atom. The number of amides is 4. The summed E-state index contributed by atoms with van der Waals surface area (Å²) in [6, 6.07) is 4.63. The van der Waals surface area contributed by atoms with Gasteiger partial charge in [0.25, 0.3) is 5.91 Å². The molecule has 10 heteroatoms. The molecule has 0 aliphatic carbocycles. The van der Waals surface area contributed by atoms with Crippen LogP contribution in [-0.2, 0) is 15.1 Å². The number of pyridine rings is 1. The Bertz CT molecular complexity index is 938. The lowest BCUT2D eigenvalue weighted by Gasteiger charge is -2.22. The largest absolute Gasteiger partial charge is 0.325 e. The summed E-state index contributed by atoms with van der Waals surface area (Å²) in [7, 11) is 0. The minimum absolute atomic E-state index is 0.176. The molecular weight excluding hydrogens is 382 g/mol. The molecule has 27 heavy (non-hydrogen) atoms. The summed E-state index contributed by atoms with van der Waals surface area (Å²) in [6.45, 7) is 0.616. The number of halogens is 3. The predicted molar refractivity (Wildman–Crippen MR) is 91.8 cm³/mol. The van der Waals surface area contributed by atoms with Crippen LogP contribution in [0.2, 0.25) is 5.02 Å². The minimum Gasteiger partial charge on any atom is -0.319 e. The van der Waals surface area contributed by atoms with Gasteiger partial charge in [0.1, 0.15) is 29.5 Å². The Labute approximate surface area is 157 Å². The molecule has 2 N–H and O–H groups in total. The van der Waals surface area contributed by atoms with Crippen LogP contribution in [0.15, 0.2) is 36.5 Å². The highest BCUT2D eigenvalue weighted by molar-refractivity contribution is 6.30. The maximum absolute atomic E-state index is 14.1. The molecule has 0 saturated carbocycles. The quantitative estimate of drug-likeness (QED) is 0.779. The van der Waals surface area contributed by atoms with Crippen LogP contribution in [0, 0.1) is 11.6 Å². The maximum Gasteiger partial charge on any atom is 0.325 e. The number of anilines is 1. The van der Waals surface area contributed by atoms with Gasteiger partial charge in [0.2, 0.25) is 5.91 Å². The van der Waals surface area contributed by atoms with E-state index in [-0.39, 0.29) is 11.4 Å². The fraction of sp³-hybridized carbons (Fsp3) is 0.176. The number of carbonyl (C=O) groups excluding carboxylic acids is 3. The summed E-state index contributed by atoms with van der Waals surface area (Å²) in [6.07, 6.45) is 1.31. The second kappa shape index (κ2) is 6.92. The monoisotopic (exact) mass is 394 g/mol. The number of imide groups is 1. The van der Waals surface area contributed by atoms with E-state index in [2.05, 4.69) is 15.6 Å². The normalized spacial score (nSPS) is 19.2. The number of nitrogens with one attached hydrogen (secondary N) is 2. The summed E-state index contributed by atoms with van der Waals surface area (Å²) in [5.41, 5.74) is -2.16. The first-order valence-corrected chi connectivity index (χ1v) is 8.09. The lowest BCUT2D eigenvalue weighted by atomic mass is 9.91. The molecule has 3 rings (SSSR count). The van der Waals surface area contributed by atoms with Crippen molar-refractivity contribution >= 4 is 35.3 Å². The maximum atomic E-state index is 14.1. The number of urea groups is 1. The minimum atomic E-state index is -1.83. The van der Waals surface area contributed by atoms with E-state index in [0.29, 0.717) is 9.92 Å². The van der Waals surface area contributed by atoms with Crippen LogP contribution in [0.25, 0.3) is 0 Å². The third kappa shape index (κ3) is 3.59. The number of carbonyl (C=O) groups is 3. The number of hydrogen-bond acceptors (Lipinski definition) is 4. The zero-order valence-corrected chi connectivity index (χ0v) is 14.7. The van der Waals surface area contributed by atoms with Gasteiger partial charge in [0.15, 0.2) is 0 Å². The second-order valence-corrected chi connectivity index (χ2v) is 6.42. The van der Waals surface area contributed by atoms with Gasteiger partial charge < -0.3 is 10.6 Å². The molecule has 2 aromatic rings. The zero-order chi connectivity index (χ0) is 19.8. The lowest BCUT2D eigenvalue weighted by molar-refractivity contribution is -0.133. The van der Waals surface area contributed by atoms with Gasteiger partial charge in [0, 0.05) is 11.8 Å². The van der Waals surface area contributed by atoms with E-state index in [1.165, 1.54) is 25.3 Å². The average Bonchev–Trinajstić information content (AvgIpc) is 2.83. The molecule has 1 aliphatic rings. The molecule has 1 aliphatic heterocycles. The molecule has 0 unspecified atom stereocenters. The summed E-state index contributed by atoms with van der Waals surface area (Å²) >= 11 is 5.70. The van der Waals surface area contributed by atoms with Crippen LogP contribution in [0.1, 0.15) is 12.5 Å². The molecule has 1 fully saturated rings. The van der Waals surface area contributed by atoms with Crippen molar-refractivity contribution in [1.29, 1.82) is 0 Å². The summed E-state index contributed by atoms with van der Waals surface area (Å²) < 4.78 is 27.6. The van der Waals surface area contributed by atoms with Crippen molar-refractivity contribution in [2.24, 2.45) is 0 Å². The highest BCUT2D eigenvalue weighted by Crippen LogP contribution is 2.31. The van der Waals surface area contributed by atoms with Crippen molar-refractivity contribution in [2.45, 2.75) is 12.5 Å².